The first-order valence-corrected chi connectivity index (χ1v) is 18.0. The van der Waals surface area contributed by atoms with E-state index in [-0.39, 0.29) is 11.9 Å². The quantitative estimate of drug-likeness (QED) is 0.0499. The number of carbonyl (C=O) groups is 1. The van der Waals surface area contributed by atoms with Gasteiger partial charge in [0, 0.05) is 0 Å². The first kappa shape index (κ1) is 36.7. The number of rotatable bonds is 30. The molecule has 2 heteroatoms. The Labute approximate surface area is 250 Å². The normalized spacial score (nSPS) is 16.4. The Balaban J connectivity index is 1.88. The fraction of sp³-hybridized carbons (Fsp3) is 0.816. The summed E-state index contributed by atoms with van der Waals surface area (Å²) >= 11 is 0. The molecule has 0 spiro atoms. The van der Waals surface area contributed by atoms with Crippen molar-refractivity contribution in [2.75, 3.05) is 0 Å². The van der Waals surface area contributed by atoms with Crippen LogP contribution in [0.1, 0.15) is 194 Å². The number of allylic oxidation sites excluding steroid dienone is 5. The molecule has 1 saturated heterocycles. The van der Waals surface area contributed by atoms with Crippen molar-refractivity contribution in [1.82, 2.24) is 0 Å². The third-order valence-electron chi connectivity index (χ3n) is 8.41. The Hall–Kier alpha value is -1.31. The molecule has 0 aromatic rings. The molecule has 0 radical (unpaired) electrons. The molecule has 0 saturated carbocycles. The summed E-state index contributed by atoms with van der Waals surface area (Å²) < 4.78 is 5.36. The Morgan fingerprint density at radius 3 is 1.23 bits per heavy atom. The first-order valence-electron chi connectivity index (χ1n) is 18.0. The van der Waals surface area contributed by atoms with Crippen molar-refractivity contribution in [1.29, 1.82) is 0 Å². The van der Waals surface area contributed by atoms with E-state index >= 15 is 0 Å². The summed E-state index contributed by atoms with van der Waals surface area (Å²) in [4.78, 5) is 11.9. The summed E-state index contributed by atoms with van der Waals surface area (Å²) in [6, 6.07) is 0. The van der Waals surface area contributed by atoms with Gasteiger partial charge in [-0.3, -0.25) is 4.79 Å². The average molecular weight is 557 g/mol. The minimum Gasteiger partial charge on any atom is -0.430 e. The van der Waals surface area contributed by atoms with Gasteiger partial charge in [0.1, 0.15) is 11.7 Å². The van der Waals surface area contributed by atoms with E-state index in [2.05, 4.69) is 44.2 Å². The highest BCUT2D eigenvalue weighted by molar-refractivity contribution is 5.82. The van der Waals surface area contributed by atoms with Crippen LogP contribution in [0.3, 0.4) is 0 Å². The maximum atomic E-state index is 11.9. The number of carbonyl (C=O) groups excluding carboxylic acids is 1. The van der Waals surface area contributed by atoms with E-state index in [1.54, 1.807) is 0 Å². The Morgan fingerprint density at radius 2 is 0.825 bits per heavy atom. The molecule has 1 atom stereocenters. The molecule has 40 heavy (non-hydrogen) atoms. The van der Waals surface area contributed by atoms with Gasteiger partial charge in [-0.15, -0.1) is 0 Å². The second-order valence-electron chi connectivity index (χ2n) is 12.3. The molecule has 2 nitrogen and oxygen atoms in total. The topological polar surface area (TPSA) is 26.3 Å². The van der Waals surface area contributed by atoms with Crippen LogP contribution in [-0.4, -0.2) is 5.97 Å². The first-order chi connectivity index (χ1) is 19.8. The average Bonchev–Trinajstić information content (AvgIpc) is 2.96. The zero-order chi connectivity index (χ0) is 28.8. The van der Waals surface area contributed by atoms with Gasteiger partial charge in [0.15, 0.2) is 0 Å². The van der Waals surface area contributed by atoms with Gasteiger partial charge < -0.3 is 4.74 Å². The lowest BCUT2D eigenvalue weighted by Gasteiger charge is -2.28. The van der Waals surface area contributed by atoms with E-state index in [1.165, 1.54) is 161 Å². The molecule has 0 aromatic carbocycles. The summed E-state index contributed by atoms with van der Waals surface area (Å²) in [5, 5.41) is 0. The van der Waals surface area contributed by atoms with Crippen molar-refractivity contribution < 1.29 is 9.53 Å². The van der Waals surface area contributed by atoms with E-state index in [4.69, 9.17) is 4.74 Å². The maximum absolute atomic E-state index is 11.9. The molecule has 1 rings (SSSR count). The van der Waals surface area contributed by atoms with Gasteiger partial charge in [0.05, 0.1) is 0 Å². The van der Waals surface area contributed by atoms with Crippen LogP contribution in [0.5, 0.6) is 0 Å². The smallest absolute Gasteiger partial charge is 0.321 e. The zero-order valence-corrected chi connectivity index (χ0v) is 27.1. The van der Waals surface area contributed by atoms with E-state index in [1.807, 2.05) is 0 Å². The molecular weight excluding hydrogens is 488 g/mol. The maximum Gasteiger partial charge on any atom is 0.321 e. The third kappa shape index (κ3) is 22.4. The van der Waals surface area contributed by atoms with E-state index in [0.29, 0.717) is 0 Å². The van der Waals surface area contributed by atoms with Crippen LogP contribution >= 0.6 is 0 Å². The third-order valence-corrected chi connectivity index (χ3v) is 8.41. The van der Waals surface area contributed by atoms with Crippen LogP contribution < -0.4 is 0 Å². The van der Waals surface area contributed by atoms with E-state index < -0.39 is 0 Å². The predicted molar refractivity (Wildman–Crippen MR) is 177 cm³/mol. The summed E-state index contributed by atoms with van der Waals surface area (Å²) in [5.41, 5.74) is 0. The van der Waals surface area contributed by atoms with Crippen molar-refractivity contribution in [3.63, 3.8) is 0 Å². The molecule has 0 amide bonds. The van der Waals surface area contributed by atoms with Crippen LogP contribution in [0.25, 0.3) is 0 Å². The second-order valence-corrected chi connectivity index (χ2v) is 12.3. The Kier molecular flexibility index (Phi) is 26.8. The van der Waals surface area contributed by atoms with E-state index in [0.717, 1.165) is 25.0 Å². The highest BCUT2D eigenvalue weighted by atomic mass is 16.6. The molecule has 1 aliphatic heterocycles. The SMILES string of the molecule is CCCCCCCC/C=C/CCCCCCC/C=C1/OC(=O)C1CCCCCCC/C=C/CCCCCCCC. The number of ether oxygens (including phenoxy) is 1. The minimum atomic E-state index is 0.00583. The van der Waals surface area contributed by atoms with Crippen LogP contribution in [0.4, 0.5) is 0 Å². The molecule has 0 aliphatic carbocycles. The van der Waals surface area contributed by atoms with Gasteiger partial charge in [-0.2, -0.15) is 0 Å². The molecule has 232 valence electrons. The summed E-state index contributed by atoms with van der Waals surface area (Å²) in [7, 11) is 0. The molecule has 0 N–H and O–H groups in total. The van der Waals surface area contributed by atoms with Gasteiger partial charge in [0.2, 0.25) is 0 Å². The second kappa shape index (κ2) is 29.2. The van der Waals surface area contributed by atoms with Gasteiger partial charge in [-0.1, -0.05) is 147 Å². The molecule has 1 unspecified atom stereocenters. The van der Waals surface area contributed by atoms with Crippen LogP contribution in [-0.2, 0) is 9.53 Å². The number of esters is 1. The van der Waals surface area contributed by atoms with Gasteiger partial charge in [0.25, 0.3) is 0 Å². The summed E-state index contributed by atoms with van der Waals surface area (Å²) in [5.74, 6) is 1.04. The zero-order valence-electron chi connectivity index (χ0n) is 27.1. The van der Waals surface area contributed by atoms with Crippen molar-refractivity contribution in [3.8, 4) is 0 Å². The number of cyclic esters (lactones) is 1. The molecule has 0 aromatic heterocycles. The van der Waals surface area contributed by atoms with Gasteiger partial charge in [-0.05, 0) is 76.7 Å². The van der Waals surface area contributed by atoms with E-state index in [9.17, 15) is 4.79 Å². The Morgan fingerprint density at radius 1 is 0.475 bits per heavy atom. The van der Waals surface area contributed by atoms with Crippen LogP contribution in [0.2, 0.25) is 0 Å². The highest BCUT2D eigenvalue weighted by Gasteiger charge is 2.36. The largest absolute Gasteiger partial charge is 0.430 e. The molecule has 1 fully saturated rings. The van der Waals surface area contributed by atoms with Gasteiger partial charge >= 0.3 is 5.97 Å². The van der Waals surface area contributed by atoms with Crippen molar-refractivity contribution >= 4 is 5.97 Å². The van der Waals surface area contributed by atoms with Crippen molar-refractivity contribution in [2.24, 2.45) is 5.92 Å². The standard InChI is InChI=1S/C38H68O2/c1-3-5-7-9-11-13-15-17-19-21-23-25-27-29-31-33-35-37-36(38(39)40-37)34-32-30-28-26-24-22-20-18-16-14-12-10-8-6-4-2/h17-20,35-36H,3-16,21-34H2,1-2H3/b19-17+,20-18+,37-35+. The molecule has 0 bridgehead atoms. The summed E-state index contributed by atoms with van der Waals surface area (Å²) in [6.07, 6.45) is 48.3. The number of hydrogen-bond acceptors (Lipinski definition) is 2. The van der Waals surface area contributed by atoms with Gasteiger partial charge in [-0.25, -0.2) is 0 Å². The molecule has 1 aliphatic rings. The number of unbranched alkanes of at least 4 members (excludes halogenated alkanes) is 23. The predicted octanol–water partition coefficient (Wildman–Crippen LogP) is 13.1. The fourth-order valence-corrected chi connectivity index (χ4v) is 5.64. The van der Waals surface area contributed by atoms with Crippen molar-refractivity contribution in [3.05, 3.63) is 36.1 Å². The summed E-state index contributed by atoms with van der Waals surface area (Å²) in [6.45, 7) is 4.56. The number of hydrogen-bond donors (Lipinski definition) is 0. The minimum absolute atomic E-state index is 0.00583. The lowest BCUT2D eigenvalue weighted by Crippen LogP contribution is -2.32. The monoisotopic (exact) mass is 557 g/mol. The van der Waals surface area contributed by atoms with Crippen LogP contribution in [0.15, 0.2) is 36.1 Å². The molecule has 1 heterocycles. The lowest BCUT2D eigenvalue weighted by molar-refractivity contribution is -0.157. The van der Waals surface area contributed by atoms with Crippen LogP contribution in [0, 0.1) is 5.92 Å². The van der Waals surface area contributed by atoms with Crippen molar-refractivity contribution in [2.45, 2.75) is 194 Å². The fourth-order valence-electron chi connectivity index (χ4n) is 5.64. The Bertz CT molecular complexity index is 644. The molecular formula is C38H68O2. The highest BCUT2D eigenvalue weighted by Crippen LogP contribution is 2.32. The lowest BCUT2D eigenvalue weighted by atomic mass is 9.93.